The molecule has 9 rings (SSSR count). The number of aromatic nitrogens is 3. The third-order valence-corrected chi connectivity index (χ3v) is 10.1. The lowest BCUT2D eigenvalue weighted by Gasteiger charge is -2.28. The largest absolute Gasteiger partial charge is 0.208 e. The van der Waals surface area contributed by atoms with Gasteiger partial charge in [-0.1, -0.05) is 171 Å². The van der Waals surface area contributed by atoms with E-state index in [0.29, 0.717) is 23.4 Å². The highest BCUT2D eigenvalue weighted by Gasteiger charge is 2.26. The lowest BCUT2D eigenvalue weighted by molar-refractivity contribution is 0.655. The van der Waals surface area contributed by atoms with Gasteiger partial charge in [-0.15, -0.1) is 0 Å². The highest BCUT2D eigenvalue weighted by atomic mass is 15.0. The molecule has 1 atom stereocenters. The van der Waals surface area contributed by atoms with Crippen molar-refractivity contribution in [2.45, 2.75) is 25.7 Å². The second kappa shape index (κ2) is 12.7. The van der Waals surface area contributed by atoms with Crippen molar-refractivity contribution in [1.82, 2.24) is 15.0 Å². The Bertz CT molecular complexity index is 2430. The molecule has 0 bridgehead atoms. The molecule has 0 amide bonds. The summed E-state index contributed by atoms with van der Waals surface area (Å²) < 4.78 is 0. The lowest BCUT2D eigenvalue weighted by Crippen LogP contribution is -2.11. The molecule has 1 heterocycles. The molecule has 0 fully saturated rings. The average Bonchev–Trinajstić information content (AvgIpc) is 3.20. The molecule has 3 heteroatoms. The van der Waals surface area contributed by atoms with E-state index in [1.807, 2.05) is 18.2 Å². The Labute approximate surface area is 293 Å². The molecule has 0 N–H and O–H groups in total. The van der Waals surface area contributed by atoms with Crippen LogP contribution < -0.4 is 0 Å². The lowest BCUT2D eigenvalue weighted by atomic mass is 9.75. The first kappa shape index (κ1) is 29.9. The number of benzene rings is 7. The van der Waals surface area contributed by atoms with Crippen LogP contribution in [0.4, 0.5) is 0 Å². The number of fused-ring (bicyclic) bond motifs is 5. The van der Waals surface area contributed by atoms with Gasteiger partial charge in [0.1, 0.15) is 0 Å². The Kier molecular flexibility index (Phi) is 7.59. The van der Waals surface area contributed by atoms with E-state index >= 15 is 0 Å². The van der Waals surface area contributed by atoms with Crippen LogP contribution in [0.5, 0.6) is 0 Å². The zero-order chi connectivity index (χ0) is 33.4. The summed E-state index contributed by atoms with van der Waals surface area (Å²) in [6.07, 6.45) is 2.18. The van der Waals surface area contributed by atoms with Gasteiger partial charge in [-0.25, -0.2) is 15.0 Å². The molecule has 7 aromatic carbocycles. The molecule has 0 saturated carbocycles. The molecule has 0 aliphatic heterocycles. The van der Waals surface area contributed by atoms with Crippen molar-refractivity contribution in [2.24, 2.45) is 0 Å². The molecule has 50 heavy (non-hydrogen) atoms. The molecule has 1 aliphatic rings. The van der Waals surface area contributed by atoms with Crippen LogP contribution >= 0.6 is 0 Å². The number of nitrogens with zero attached hydrogens (tertiary/aromatic N) is 3. The van der Waals surface area contributed by atoms with Gasteiger partial charge in [0.2, 0.25) is 0 Å². The topological polar surface area (TPSA) is 38.7 Å². The summed E-state index contributed by atoms with van der Waals surface area (Å²) in [6, 6.07) is 57.9. The second-order valence-electron chi connectivity index (χ2n) is 13.0. The van der Waals surface area contributed by atoms with Gasteiger partial charge in [0.05, 0.1) is 0 Å². The highest BCUT2D eigenvalue weighted by Crippen LogP contribution is 2.46. The summed E-state index contributed by atoms with van der Waals surface area (Å²) in [5.41, 5.74) is 12.9. The van der Waals surface area contributed by atoms with Crippen LogP contribution in [0.3, 0.4) is 0 Å². The third kappa shape index (κ3) is 5.19. The molecule has 8 aromatic rings. The molecular formula is C47H35N3. The maximum atomic E-state index is 5.39. The SMILES string of the molecule is CCC1Cc2ccccc2-c2c1ccc1c(-c3nc(-c4ccccc4)nc(-c4c(-c5ccccc5)cccc4-c4ccccc4)n3)cccc21. The van der Waals surface area contributed by atoms with Crippen molar-refractivity contribution >= 4 is 10.8 Å². The fourth-order valence-corrected chi connectivity index (χ4v) is 7.73. The van der Waals surface area contributed by atoms with E-state index in [2.05, 4.69) is 153 Å². The van der Waals surface area contributed by atoms with Gasteiger partial charge in [-0.3, -0.25) is 0 Å². The second-order valence-corrected chi connectivity index (χ2v) is 13.0. The van der Waals surface area contributed by atoms with E-state index in [0.717, 1.165) is 57.2 Å². The number of rotatable bonds is 6. The van der Waals surface area contributed by atoms with Gasteiger partial charge in [0.25, 0.3) is 0 Å². The average molecular weight is 642 g/mol. The van der Waals surface area contributed by atoms with E-state index in [1.165, 1.54) is 27.6 Å². The van der Waals surface area contributed by atoms with Crippen LogP contribution in [0.2, 0.25) is 0 Å². The number of hydrogen-bond acceptors (Lipinski definition) is 3. The molecule has 0 saturated heterocycles. The predicted octanol–water partition coefficient (Wildman–Crippen LogP) is 12.1. The van der Waals surface area contributed by atoms with Crippen molar-refractivity contribution in [1.29, 1.82) is 0 Å². The van der Waals surface area contributed by atoms with Gasteiger partial charge < -0.3 is 0 Å². The van der Waals surface area contributed by atoms with Crippen molar-refractivity contribution in [3.8, 4) is 67.5 Å². The standard InChI is InChI=1S/C47H35N3/c1-2-31-30-35-22-12-13-23-38(35)43-39(31)28-29-40-41(43)26-15-27-42(40)46-48-45(34-20-10-5-11-21-34)49-47(50-46)44-36(32-16-6-3-7-17-32)24-14-25-37(44)33-18-8-4-9-19-33/h3-29,31H,2,30H2,1H3. The van der Waals surface area contributed by atoms with Gasteiger partial charge in [-0.05, 0) is 74.0 Å². The van der Waals surface area contributed by atoms with Crippen molar-refractivity contribution in [3.63, 3.8) is 0 Å². The summed E-state index contributed by atoms with van der Waals surface area (Å²) in [6.45, 7) is 2.30. The van der Waals surface area contributed by atoms with Crippen LogP contribution in [0.1, 0.15) is 30.4 Å². The van der Waals surface area contributed by atoms with Crippen LogP contribution in [-0.4, -0.2) is 15.0 Å². The van der Waals surface area contributed by atoms with Crippen LogP contribution in [0.25, 0.3) is 78.3 Å². The van der Waals surface area contributed by atoms with Crippen molar-refractivity contribution in [3.05, 3.63) is 175 Å². The summed E-state index contributed by atoms with van der Waals surface area (Å²) in [5.74, 6) is 2.46. The maximum absolute atomic E-state index is 5.39. The molecule has 238 valence electrons. The molecule has 3 nitrogen and oxygen atoms in total. The van der Waals surface area contributed by atoms with E-state index in [-0.39, 0.29) is 0 Å². The Morgan fingerprint density at radius 1 is 0.420 bits per heavy atom. The Balaban J connectivity index is 1.33. The third-order valence-electron chi connectivity index (χ3n) is 10.1. The summed E-state index contributed by atoms with van der Waals surface area (Å²) in [4.78, 5) is 15.9. The minimum atomic E-state index is 0.493. The molecule has 1 aliphatic carbocycles. The molecular weight excluding hydrogens is 607 g/mol. The number of hydrogen-bond donors (Lipinski definition) is 0. The van der Waals surface area contributed by atoms with E-state index in [9.17, 15) is 0 Å². The first-order chi connectivity index (χ1) is 24.8. The van der Waals surface area contributed by atoms with E-state index < -0.39 is 0 Å². The quantitative estimate of drug-likeness (QED) is 0.181. The monoisotopic (exact) mass is 641 g/mol. The van der Waals surface area contributed by atoms with Crippen molar-refractivity contribution in [2.75, 3.05) is 0 Å². The molecule has 0 radical (unpaired) electrons. The fourth-order valence-electron chi connectivity index (χ4n) is 7.73. The molecule has 1 unspecified atom stereocenters. The smallest absolute Gasteiger partial charge is 0.165 e. The van der Waals surface area contributed by atoms with Crippen LogP contribution in [-0.2, 0) is 6.42 Å². The maximum Gasteiger partial charge on any atom is 0.165 e. The molecule has 1 aromatic heterocycles. The zero-order valence-corrected chi connectivity index (χ0v) is 27.9. The zero-order valence-electron chi connectivity index (χ0n) is 27.9. The van der Waals surface area contributed by atoms with Gasteiger partial charge in [0.15, 0.2) is 17.5 Å². The molecule has 0 spiro atoms. The normalized spacial score (nSPS) is 13.5. The van der Waals surface area contributed by atoms with Crippen LogP contribution in [0.15, 0.2) is 164 Å². The highest BCUT2D eigenvalue weighted by molar-refractivity contribution is 6.06. The van der Waals surface area contributed by atoms with Gasteiger partial charge >= 0.3 is 0 Å². The van der Waals surface area contributed by atoms with Crippen molar-refractivity contribution < 1.29 is 0 Å². The summed E-state index contributed by atoms with van der Waals surface area (Å²) in [5, 5.41) is 2.39. The Hall–Kier alpha value is -6.19. The minimum Gasteiger partial charge on any atom is -0.208 e. The Morgan fingerprint density at radius 3 is 1.64 bits per heavy atom. The van der Waals surface area contributed by atoms with Crippen LogP contribution in [0, 0.1) is 0 Å². The Morgan fingerprint density at radius 2 is 0.960 bits per heavy atom. The fraction of sp³-hybridized carbons (Fsp3) is 0.0851. The van der Waals surface area contributed by atoms with Gasteiger partial charge in [-0.2, -0.15) is 0 Å². The van der Waals surface area contributed by atoms with E-state index in [4.69, 9.17) is 15.0 Å². The predicted molar refractivity (Wildman–Crippen MR) is 207 cm³/mol. The summed E-state index contributed by atoms with van der Waals surface area (Å²) >= 11 is 0. The minimum absolute atomic E-state index is 0.493. The summed E-state index contributed by atoms with van der Waals surface area (Å²) in [7, 11) is 0. The van der Waals surface area contributed by atoms with E-state index in [1.54, 1.807) is 0 Å². The first-order valence-electron chi connectivity index (χ1n) is 17.5. The first-order valence-corrected chi connectivity index (χ1v) is 17.5. The van der Waals surface area contributed by atoms with Gasteiger partial charge in [0, 0.05) is 16.7 Å².